The minimum absolute atomic E-state index is 0. The van der Waals surface area contributed by atoms with Crippen molar-refractivity contribution in [3.05, 3.63) is 34.3 Å². The second kappa shape index (κ2) is 4.28. The maximum atomic E-state index is 5.53. The zero-order valence-corrected chi connectivity index (χ0v) is 8.39. The van der Waals surface area contributed by atoms with Crippen molar-refractivity contribution >= 4 is 23.2 Å². The summed E-state index contributed by atoms with van der Waals surface area (Å²) in [5.74, 6) is 0. The summed E-state index contributed by atoms with van der Waals surface area (Å²) < 4.78 is 0. The minimum Gasteiger partial charge on any atom is -0.181 e. The third kappa shape index (κ3) is 3.21. The van der Waals surface area contributed by atoms with E-state index in [9.17, 15) is 0 Å². The Hall–Kier alpha value is 0.436. The fourth-order valence-corrected chi connectivity index (χ4v) is 0.833. The molecule has 1 aromatic carbocycles. The molecule has 0 bridgehead atoms. The van der Waals surface area contributed by atoms with E-state index in [2.05, 4.69) is 6.07 Å². The van der Waals surface area contributed by atoms with Crippen LogP contribution in [0.15, 0.2) is 18.2 Å². The van der Waals surface area contributed by atoms with Gasteiger partial charge in [-0.25, -0.2) is 0 Å². The molecule has 3 heteroatoms. The van der Waals surface area contributed by atoms with Gasteiger partial charge in [0, 0.05) is 0 Å². The third-order valence-electron chi connectivity index (χ3n) is 0.718. The molecule has 0 N–H and O–H groups in total. The fraction of sp³-hybridized carbons (Fsp3) is 0. The van der Waals surface area contributed by atoms with E-state index < -0.39 is 0 Å². The topological polar surface area (TPSA) is 0 Å². The Morgan fingerprint density at radius 2 is 1.56 bits per heavy atom. The maximum Gasteiger partial charge on any atom is 1.00 e. The summed E-state index contributed by atoms with van der Waals surface area (Å²) in [7, 11) is 0. The molecule has 0 heterocycles. The second-order valence-electron chi connectivity index (χ2n) is 1.37. The summed E-state index contributed by atoms with van der Waals surface area (Å²) in [6.07, 6.45) is 0. The standard InChI is InChI=1S/C6H3Cl2.Os/c7-5-2-1-3-6(8)4-5;/h2-4H;/q-1;+1. The van der Waals surface area contributed by atoms with Crippen molar-refractivity contribution in [2.45, 2.75) is 0 Å². The van der Waals surface area contributed by atoms with Crippen LogP contribution in [0.5, 0.6) is 0 Å². The SMILES string of the molecule is Clc1c[c-]cc(Cl)c1.[Os+]. The molecular formula is C6H3Cl2Os. The van der Waals surface area contributed by atoms with Crippen LogP contribution in [0, 0.1) is 6.07 Å². The summed E-state index contributed by atoms with van der Waals surface area (Å²) in [6, 6.07) is 7.75. The number of halogens is 2. The van der Waals surface area contributed by atoms with E-state index in [1.807, 2.05) is 0 Å². The van der Waals surface area contributed by atoms with Gasteiger partial charge in [0.25, 0.3) is 0 Å². The predicted molar refractivity (Wildman–Crippen MR) is 35.3 cm³/mol. The van der Waals surface area contributed by atoms with E-state index in [4.69, 9.17) is 23.2 Å². The molecule has 0 unspecified atom stereocenters. The molecule has 0 aliphatic rings. The van der Waals surface area contributed by atoms with E-state index in [1.165, 1.54) is 0 Å². The average Bonchev–Trinajstić information content (AvgIpc) is 1.64. The maximum absolute atomic E-state index is 5.53. The summed E-state index contributed by atoms with van der Waals surface area (Å²) >= 11 is 11.1. The Balaban J connectivity index is 0.000000640. The van der Waals surface area contributed by atoms with Gasteiger partial charge in [0.2, 0.25) is 0 Å². The number of rotatable bonds is 0. The molecule has 9 heavy (non-hydrogen) atoms. The Bertz CT molecular complexity index is 171. The Morgan fingerprint density at radius 1 is 1.11 bits per heavy atom. The molecule has 0 fully saturated rings. The van der Waals surface area contributed by atoms with Crippen LogP contribution in [0.4, 0.5) is 0 Å². The van der Waals surface area contributed by atoms with Gasteiger partial charge in [-0.3, -0.25) is 0 Å². The number of benzene rings is 1. The normalized spacial score (nSPS) is 8.22. The molecule has 0 aliphatic carbocycles. The predicted octanol–water partition coefficient (Wildman–Crippen LogP) is 2.79. The quantitative estimate of drug-likeness (QED) is 0.639. The van der Waals surface area contributed by atoms with Gasteiger partial charge in [0.15, 0.2) is 0 Å². The Kier molecular flexibility index (Phi) is 4.49. The Morgan fingerprint density at radius 3 is 1.78 bits per heavy atom. The van der Waals surface area contributed by atoms with Crippen molar-refractivity contribution in [2.24, 2.45) is 0 Å². The van der Waals surface area contributed by atoms with Crippen molar-refractivity contribution in [3.8, 4) is 0 Å². The van der Waals surface area contributed by atoms with Crippen LogP contribution in [0.3, 0.4) is 0 Å². The van der Waals surface area contributed by atoms with Gasteiger partial charge < -0.3 is 0 Å². The summed E-state index contributed by atoms with van der Waals surface area (Å²) in [4.78, 5) is 0. The van der Waals surface area contributed by atoms with Crippen LogP contribution in [0.2, 0.25) is 10.0 Å². The molecule has 0 nitrogen and oxygen atoms in total. The van der Waals surface area contributed by atoms with Crippen LogP contribution < -0.4 is 0 Å². The molecule has 0 aliphatic heterocycles. The van der Waals surface area contributed by atoms with Crippen LogP contribution in [0.25, 0.3) is 0 Å². The van der Waals surface area contributed by atoms with E-state index >= 15 is 0 Å². The van der Waals surface area contributed by atoms with E-state index in [0.717, 1.165) is 0 Å². The Labute approximate surface area is 77.2 Å². The zero-order valence-electron chi connectivity index (χ0n) is 4.34. The first-order chi connectivity index (χ1) is 3.79. The number of hydrogen-bond acceptors (Lipinski definition) is 0. The van der Waals surface area contributed by atoms with Gasteiger partial charge in [-0.05, 0) is 0 Å². The molecule has 0 saturated carbocycles. The molecule has 49 valence electrons. The molecule has 0 saturated heterocycles. The summed E-state index contributed by atoms with van der Waals surface area (Å²) in [6.45, 7) is 0. The molecule has 1 radical (unpaired) electrons. The first-order valence-electron chi connectivity index (χ1n) is 2.11. The second-order valence-corrected chi connectivity index (χ2v) is 2.24. The molecular weight excluding hydrogens is 333 g/mol. The zero-order chi connectivity index (χ0) is 5.98. The van der Waals surface area contributed by atoms with Gasteiger partial charge in [-0.2, -0.15) is 41.4 Å². The van der Waals surface area contributed by atoms with Gasteiger partial charge >= 0.3 is 19.8 Å². The smallest absolute Gasteiger partial charge is 0.181 e. The van der Waals surface area contributed by atoms with Crippen LogP contribution in [-0.4, -0.2) is 0 Å². The van der Waals surface area contributed by atoms with Crippen LogP contribution >= 0.6 is 23.2 Å². The minimum atomic E-state index is 0. The third-order valence-corrected chi connectivity index (χ3v) is 1.15. The van der Waals surface area contributed by atoms with Crippen molar-refractivity contribution in [2.75, 3.05) is 0 Å². The summed E-state index contributed by atoms with van der Waals surface area (Å²) in [5.41, 5.74) is 0. The molecule has 1 rings (SSSR count). The van der Waals surface area contributed by atoms with E-state index in [1.54, 1.807) is 18.2 Å². The average molecular weight is 336 g/mol. The largest absolute Gasteiger partial charge is 1.00 e. The molecule has 0 aromatic heterocycles. The van der Waals surface area contributed by atoms with E-state index in [-0.39, 0.29) is 19.8 Å². The molecule has 0 spiro atoms. The monoisotopic (exact) mass is 337 g/mol. The van der Waals surface area contributed by atoms with E-state index in [0.29, 0.717) is 10.0 Å². The van der Waals surface area contributed by atoms with Gasteiger partial charge in [0.05, 0.1) is 0 Å². The first-order valence-corrected chi connectivity index (χ1v) is 2.87. The number of hydrogen-bond donors (Lipinski definition) is 0. The van der Waals surface area contributed by atoms with Gasteiger partial charge in [-0.15, -0.1) is 6.07 Å². The molecule has 0 amide bonds. The molecule has 0 atom stereocenters. The van der Waals surface area contributed by atoms with Crippen molar-refractivity contribution in [1.29, 1.82) is 0 Å². The fourth-order valence-electron chi connectivity index (χ4n) is 0.416. The van der Waals surface area contributed by atoms with Crippen molar-refractivity contribution in [3.63, 3.8) is 0 Å². The van der Waals surface area contributed by atoms with Gasteiger partial charge in [-0.1, -0.05) is 10.0 Å². The summed E-state index contributed by atoms with van der Waals surface area (Å²) in [5, 5.41) is 1.25. The molecule has 1 aromatic rings. The van der Waals surface area contributed by atoms with Gasteiger partial charge in [0.1, 0.15) is 0 Å². The van der Waals surface area contributed by atoms with Crippen LogP contribution in [-0.2, 0) is 19.8 Å². The van der Waals surface area contributed by atoms with Crippen molar-refractivity contribution in [1.82, 2.24) is 0 Å². The first kappa shape index (κ1) is 9.44. The van der Waals surface area contributed by atoms with Crippen molar-refractivity contribution < 1.29 is 19.8 Å². The van der Waals surface area contributed by atoms with Crippen LogP contribution in [0.1, 0.15) is 0 Å².